The number of hydrogen-bond acceptors (Lipinski definition) is 7. The van der Waals surface area contributed by atoms with Crippen LogP contribution in [0.15, 0.2) is 57.4 Å². The van der Waals surface area contributed by atoms with Crippen LogP contribution < -0.4 is 0 Å². The number of fused-ring (bicyclic) bond motifs is 1. The molecule has 8 heteroatoms. The molecule has 0 heterocycles. The van der Waals surface area contributed by atoms with Crippen molar-refractivity contribution in [3.8, 4) is 0 Å². The average Bonchev–Trinajstić information content (AvgIpc) is 2.99. The molecule has 0 saturated carbocycles. The lowest BCUT2D eigenvalue weighted by Crippen LogP contribution is -2.42. The normalized spacial score (nSPS) is 18.8. The van der Waals surface area contributed by atoms with Gasteiger partial charge < -0.3 is 9.47 Å². The number of allylic oxidation sites excluding steroid dienone is 4. The lowest BCUT2D eigenvalue weighted by molar-refractivity contribution is -0.169. The monoisotopic (exact) mass is 404 g/mol. The van der Waals surface area contributed by atoms with E-state index in [1.807, 2.05) is 0 Å². The molecule has 0 radical (unpaired) electrons. The highest BCUT2D eigenvalue weighted by atomic mass is 32.2. The molecule has 0 atom stereocenters. The van der Waals surface area contributed by atoms with E-state index in [-0.39, 0.29) is 34.8 Å². The zero-order valence-electron chi connectivity index (χ0n) is 15.6. The third-order valence-electron chi connectivity index (χ3n) is 5.22. The Labute approximate surface area is 162 Å². The van der Waals surface area contributed by atoms with E-state index >= 15 is 0 Å². The van der Waals surface area contributed by atoms with Crippen LogP contribution in [0.5, 0.6) is 0 Å². The SMILES string of the molecule is COC(=O)C1(C(=O)OC)CCC2=CC(=O)CC2=C(S(=O)(=O)c2ccccc2)C1. The first-order valence-electron chi connectivity index (χ1n) is 8.69. The summed E-state index contributed by atoms with van der Waals surface area (Å²) in [4.78, 5) is 37.1. The second kappa shape index (κ2) is 7.35. The molecule has 0 amide bonds. The smallest absolute Gasteiger partial charge is 0.323 e. The second-order valence-corrected chi connectivity index (χ2v) is 8.74. The Morgan fingerprint density at radius 3 is 2.21 bits per heavy atom. The fourth-order valence-corrected chi connectivity index (χ4v) is 5.52. The third kappa shape index (κ3) is 3.17. The van der Waals surface area contributed by atoms with Crippen molar-refractivity contribution in [2.45, 2.75) is 30.6 Å². The van der Waals surface area contributed by atoms with Crippen LogP contribution in [-0.4, -0.2) is 40.4 Å². The van der Waals surface area contributed by atoms with E-state index < -0.39 is 33.6 Å². The van der Waals surface area contributed by atoms with Crippen LogP contribution in [0.2, 0.25) is 0 Å². The maximum atomic E-state index is 13.4. The molecular formula is C20H20O7S. The molecule has 1 aromatic rings. The van der Waals surface area contributed by atoms with E-state index in [1.165, 1.54) is 18.2 Å². The first-order valence-corrected chi connectivity index (χ1v) is 10.2. The van der Waals surface area contributed by atoms with E-state index in [0.29, 0.717) is 11.1 Å². The Hall–Kier alpha value is -2.74. The van der Waals surface area contributed by atoms with Crippen LogP contribution >= 0.6 is 0 Å². The number of sulfone groups is 1. The summed E-state index contributed by atoms with van der Waals surface area (Å²) in [6, 6.07) is 7.72. The van der Waals surface area contributed by atoms with Gasteiger partial charge in [0, 0.05) is 12.8 Å². The predicted octanol–water partition coefficient (Wildman–Crippen LogP) is 2.13. The Morgan fingerprint density at radius 2 is 1.64 bits per heavy atom. The molecule has 0 spiro atoms. The minimum atomic E-state index is -4.05. The lowest BCUT2D eigenvalue weighted by Gasteiger charge is -2.27. The number of methoxy groups -OCH3 is 2. The number of ether oxygens (including phenoxy) is 2. The molecule has 2 aliphatic carbocycles. The third-order valence-corrected chi connectivity index (χ3v) is 7.16. The van der Waals surface area contributed by atoms with Crippen molar-refractivity contribution in [2.75, 3.05) is 14.2 Å². The molecule has 7 nitrogen and oxygen atoms in total. The number of rotatable bonds is 4. The lowest BCUT2D eigenvalue weighted by atomic mass is 9.80. The van der Waals surface area contributed by atoms with Gasteiger partial charge in [0.2, 0.25) is 9.84 Å². The quantitative estimate of drug-likeness (QED) is 0.559. The van der Waals surface area contributed by atoms with Gasteiger partial charge in [0.1, 0.15) is 0 Å². The zero-order valence-corrected chi connectivity index (χ0v) is 16.4. The summed E-state index contributed by atoms with van der Waals surface area (Å²) in [7, 11) is -1.77. The molecule has 0 fully saturated rings. The molecule has 148 valence electrons. The molecule has 3 rings (SSSR count). The number of carbonyl (C=O) groups excluding carboxylic acids is 3. The van der Waals surface area contributed by atoms with Crippen LogP contribution in [0.25, 0.3) is 0 Å². The first kappa shape index (κ1) is 20.0. The van der Waals surface area contributed by atoms with Crippen molar-refractivity contribution in [2.24, 2.45) is 5.41 Å². The van der Waals surface area contributed by atoms with E-state index in [9.17, 15) is 22.8 Å². The number of hydrogen-bond donors (Lipinski definition) is 0. The minimum absolute atomic E-state index is 0.0111. The van der Waals surface area contributed by atoms with E-state index in [0.717, 1.165) is 14.2 Å². The van der Waals surface area contributed by atoms with E-state index in [2.05, 4.69) is 0 Å². The first-order chi connectivity index (χ1) is 13.3. The fraction of sp³-hybridized carbons (Fsp3) is 0.350. The van der Waals surface area contributed by atoms with Crippen molar-refractivity contribution < 1.29 is 32.3 Å². The summed E-state index contributed by atoms with van der Waals surface area (Å²) in [5, 5.41) is 0. The minimum Gasteiger partial charge on any atom is -0.468 e. The maximum absolute atomic E-state index is 13.4. The molecule has 2 aliphatic rings. The van der Waals surface area contributed by atoms with Gasteiger partial charge >= 0.3 is 11.9 Å². The number of carbonyl (C=O) groups is 3. The largest absolute Gasteiger partial charge is 0.468 e. The molecule has 0 saturated heterocycles. The van der Waals surface area contributed by atoms with Gasteiger partial charge in [0.15, 0.2) is 11.2 Å². The van der Waals surface area contributed by atoms with Crippen molar-refractivity contribution >= 4 is 27.6 Å². The van der Waals surface area contributed by atoms with Gasteiger partial charge in [-0.2, -0.15) is 0 Å². The van der Waals surface area contributed by atoms with E-state index in [4.69, 9.17) is 9.47 Å². The predicted molar refractivity (Wildman–Crippen MR) is 98.7 cm³/mol. The molecule has 0 unspecified atom stereocenters. The van der Waals surface area contributed by atoms with Gasteiger partial charge in [-0.05, 0) is 42.2 Å². The molecule has 0 bridgehead atoms. The Balaban J connectivity index is 2.24. The van der Waals surface area contributed by atoms with Crippen molar-refractivity contribution in [1.82, 2.24) is 0 Å². The summed E-state index contributed by atoms with van der Waals surface area (Å²) >= 11 is 0. The molecule has 0 N–H and O–H groups in total. The van der Waals surface area contributed by atoms with E-state index in [1.54, 1.807) is 18.2 Å². The zero-order chi connectivity index (χ0) is 20.5. The van der Waals surface area contributed by atoms with Gasteiger partial charge in [0.25, 0.3) is 0 Å². The highest BCUT2D eigenvalue weighted by Crippen LogP contribution is 2.47. The van der Waals surface area contributed by atoms with Crippen molar-refractivity contribution in [1.29, 1.82) is 0 Å². The average molecular weight is 404 g/mol. The van der Waals surface area contributed by atoms with Crippen LogP contribution in [-0.2, 0) is 33.7 Å². The molecule has 0 aromatic heterocycles. The second-order valence-electron chi connectivity index (χ2n) is 6.77. The highest BCUT2D eigenvalue weighted by molar-refractivity contribution is 7.95. The van der Waals surface area contributed by atoms with Gasteiger partial charge in [-0.3, -0.25) is 14.4 Å². The van der Waals surface area contributed by atoms with Crippen molar-refractivity contribution in [3.05, 3.63) is 52.5 Å². The number of ketones is 1. The molecule has 28 heavy (non-hydrogen) atoms. The Morgan fingerprint density at radius 1 is 1.04 bits per heavy atom. The van der Waals surface area contributed by atoms with Crippen molar-refractivity contribution in [3.63, 3.8) is 0 Å². The van der Waals surface area contributed by atoms with Crippen LogP contribution in [0.1, 0.15) is 25.7 Å². The fourth-order valence-electron chi connectivity index (χ4n) is 3.76. The van der Waals surface area contributed by atoms with Gasteiger partial charge in [0.05, 0.1) is 24.0 Å². The summed E-state index contributed by atoms with van der Waals surface area (Å²) in [6.07, 6.45) is 1.08. The summed E-state index contributed by atoms with van der Waals surface area (Å²) in [5.41, 5.74) is -0.889. The van der Waals surface area contributed by atoms with Crippen LogP contribution in [0, 0.1) is 5.41 Å². The summed E-state index contributed by atoms with van der Waals surface area (Å²) in [6.45, 7) is 0. The van der Waals surface area contributed by atoms with Crippen LogP contribution in [0.4, 0.5) is 0 Å². The highest BCUT2D eigenvalue weighted by Gasteiger charge is 2.52. The number of esters is 2. The standard InChI is InChI=1S/C20H20O7S/c1-26-18(22)20(19(23)27-2)9-8-13-10-14(21)11-16(13)17(12-20)28(24,25)15-6-4-3-5-7-15/h3-7,10H,8-9,11-12H2,1-2H3. The Bertz CT molecular complexity index is 984. The van der Waals surface area contributed by atoms with Gasteiger partial charge in [-0.25, -0.2) is 8.42 Å². The summed E-state index contributed by atoms with van der Waals surface area (Å²) < 4.78 is 36.5. The van der Waals surface area contributed by atoms with Gasteiger partial charge in [-0.1, -0.05) is 18.2 Å². The van der Waals surface area contributed by atoms with Gasteiger partial charge in [-0.15, -0.1) is 0 Å². The summed E-state index contributed by atoms with van der Waals surface area (Å²) in [5.74, 6) is -1.91. The topological polar surface area (TPSA) is 104 Å². The number of benzene rings is 1. The molecule has 0 aliphatic heterocycles. The molecule has 1 aromatic carbocycles. The van der Waals surface area contributed by atoms with Crippen LogP contribution in [0.3, 0.4) is 0 Å². The Kier molecular flexibility index (Phi) is 5.25. The molecular weight excluding hydrogens is 384 g/mol. The maximum Gasteiger partial charge on any atom is 0.323 e.